The molecule has 1 heterocycles. The highest BCUT2D eigenvalue weighted by Gasteiger charge is 2.54. The standard InChI is InChI=1S/C35H32BrF3N2O6S/c36-30-13-5-4-12-29(30)31-34(18-21-48(44,45)28-10-2-1-3-11-28,33(43)40-23-24-8-6-9-26(22-24)35(37,38)39)41-32(47-31)25-14-16-27(17-15-25)46-20-7-19-42/h1-6,8-17,22,31,42H,7,18-21,23H2,(H,40,43)/t31-,34-/m1/s1. The summed E-state index contributed by atoms with van der Waals surface area (Å²) in [4.78, 5) is 19.3. The number of amides is 1. The van der Waals surface area contributed by atoms with Gasteiger partial charge in [0.1, 0.15) is 5.75 Å². The number of halogens is 4. The first-order valence-electron chi connectivity index (χ1n) is 15.0. The molecule has 0 aromatic heterocycles. The molecule has 0 bridgehead atoms. The van der Waals surface area contributed by atoms with E-state index in [9.17, 15) is 26.4 Å². The van der Waals surface area contributed by atoms with Gasteiger partial charge in [-0.15, -0.1) is 0 Å². The fraction of sp³-hybridized carbons (Fsp3) is 0.257. The van der Waals surface area contributed by atoms with Gasteiger partial charge in [0.25, 0.3) is 5.91 Å². The summed E-state index contributed by atoms with van der Waals surface area (Å²) in [5.74, 6) is -0.591. The van der Waals surface area contributed by atoms with Crippen LogP contribution in [0.2, 0.25) is 0 Å². The highest BCUT2D eigenvalue weighted by Crippen LogP contribution is 2.45. The maximum Gasteiger partial charge on any atom is 0.416 e. The molecular weight excluding hydrogens is 713 g/mol. The average molecular weight is 746 g/mol. The number of hydrogen-bond acceptors (Lipinski definition) is 7. The van der Waals surface area contributed by atoms with Crippen molar-refractivity contribution in [1.82, 2.24) is 5.32 Å². The predicted molar refractivity (Wildman–Crippen MR) is 177 cm³/mol. The predicted octanol–water partition coefficient (Wildman–Crippen LogP) is 6.67. The van der Waals surface area contributed by atoms with Gasteiger partial charge in [0, 0.05) is 41.6 Å². The number of benzene rings is 4. The molecule has 4 aromatic carbocycles. The van der Waals surface area contributed by atoms with Crippen LogP contribution in [0.4, 0.5) is 13.2 Å². The summed E-state index contributed by atoms with van der Waals surface area (Å²) in [6.45, 7) is 0.0167. The molecule has 1 amide bonds. The highest BCUT2D eigenvalue weighted by molar-refractivity contribution is 9.10. The Balaban J connectivity index is 1.55. The summed E-state index contributed by atoms with van der Waals surface area (Å²) in [6.07, 6.45) is -5.54. The van der Waals surface area contributed by atoms with Crippen molar-refractivity contribution in [2.45, 2.75) is 42.1 Å². The SMILES string of the molecule is O=C(NCc1cccc(C(F)(F)F)c1)[C@]1(CCS(=O)(=O)c2ccccc2)N=C(c2ccc(OCCCO)cc2)O[C@@H]1c1ccccc1Br. The quantitative estimate of drug-likeness (QED) is 0.148. The molecule has 13 heteroatoms. The van der Waals surface area contributed by atoms with E-state index in [2.05, 4.69) is 21.2 Å². The van der Waals surface area contributed by atoms with E-state index in [0.29, 0.717) is 34.4 Å². The van der Waals surface area contributed by atoms with Crippen LogP contribution in [0.15, 0.2) is 117 Å². The molecule has 1 aliphatic heterocycles. The van der Waals surface area contributed by atoms with E-state index < -0.39 is 44.9 Å². The zero-order chi connectivity index (χ0) is 34.4. The molecule has 48 heavy (non-hydrogen) atoms. The molecule has 4 aromatic rings. The van der Waals surface area contributed by atoms with Crippen molar-refractivity contribution < 1.29 is 41.0 Å². The van der Waals surface area contributed by atoms with Crippen LogP contribution in [0.3, 0.4) is 0 Å². The second-order valence-corrected chi connectivity index (χ2v) is 14.0. The van der Waals surface area contributed by atoms with E-state index in [1.807, 2.05) is 0 Å². The molecule has 2 N–H and O–H groups in total. The molecule has 5 rings (SSSR count). The molecule has 0 fully saturated rings. The molecule has 0 spiro atoms. The molecule has 0 saturated heterocycles. The third-order valence-electron chi connectivity index (χ3n) is 7.78. The Bertz CT molecular complexity index is 1870. The second-order valence-electron chi connectivity index (χ2n) is 11.1. The van der Waals surface area contributed by atoms with Crippen LogP contribution >= 0.6 is 15.9 Å². The lowest BCUT2D eigenvalue weighted by Gasteiger charge is -2.31. The number of alkyl halides is 3. The van der Waals surface area contributed by atoms with Gasteiger partial charge in [-0.2, -0.15) is 13.2 Å². The Morgan fingerprint density at radius 2 is 1.69 bits per heavy atom. The molecule has 1 aliphatic rings. The Morgan fingerprint density at radius 1 is 0.979 bits per heavy atom. The summed E-state index contributed by atoms with van der Waals surface area (Å²) in [5.41, 5.74) is -1.51. The van der Waals surface area contributed by atoms with E-state index in [1.165, 1.54) is 24.3 Å². The lowest BCUT2D eigenvalue weighted by atomic mass is 9.85. The van der Waals surface area contributed by atoms with Gasteiger partial charge in [-0.1, -0.05) is 64.5 Å². The van der Waals surface area contributed by atoms with Crippen LogP contribution in [-0.4, -0.2) is 49.8 Å². The Hall–Kier alpha value is -4.20. The molecule has 0 saturated carbocycles. The molecule has 0 aliphatic carbocycles. The van der Waals surface area contributed by atoms with Gasteiger partial charge < -0.3 is 19.9 Å². The van der Waals surface area contributed by atoms with Crippen molar-refractivity contribution in [1.29, 1.82) is 0 Å². The van der Waals surface area contributed by atoms with Gasteiger partial charge in [0.05, 0.1) is 22.8 Å². The minimum Gasteiger partial charge on any atom is -0.494 e. The largest absolute Gasteiger partial charge is 0.494 e. The molecule has 2 atom stereocenters. The third-order valence-corrected chi connectivity index (χ3v) is 10.2. The second kappa shape index (κ2) is 14.9. The van der Waals surface area contributed by atoms with Gasteiger partial charge >= 0.3 is 6.18 Å². The van der Waals surface area contributed by atoms with E-state index in [1.54, 1.807) is 66.7 Å². The monoisotopic (exact) mass is 744 g/mol. The van der Waals surface area contributed by atoms with E-state index >= 15 is 0 Å². The minimum atomic E-state index is -4.57. The van der Waals surface area contributed by atoms with Crippen LogP contribution in [0.25, 0.3) is 0 Å². The number of nitrogens with one attached hydrogen (secondary N) is 1. The number of rotatable bonds is 13. The van der Waals surface area contributed by atoms with Crippen molar-refractivity contribution in [3.05, 3.63) is 130 Å². The summed E-state index contributed by atoms with van der Waals surface area (Å²) >= 11 is 3.53. The van der Waals surface area contributed by atoms with Crippen molar-refractivity contribution >= 4 is 37.6 Å². The summed E-state index contributed by atoms with van der Waals surface area (Å²) in [7, 11) is -3.90. The summed E-state index contributed by atoms with van der Waals surface area (Å²) in [5, 5.41) is 11.8. The summed E-state index contributed by atoms with van der Waals surface area (Å²) in [6, 6.07) is 26.1. The molecular formula is C35H32BrF3N2O6S. The van der Waals surface area contributed by atoms with E-state index in [0.717, 1.165) is 12.1 Å². The Morgan fingerprint density at radius 3 is 2.38 bits per heavy atom. The molecule has 8 nitrogen and oxygen atoms in total. The van der Waals surface area contributed by atoms with Crippen molar-refractivity contribution in [3.63, 3.8) is 0 Å². The van der Waals surface area contributed by atoms with Gasteiger partial charge in [-0.25, -0.2) is 13.4 Å². The van der Waals surface area contributed by atoms with Crippen LogP contribution in [-0.2, 0) is 32.1 Å². The number of hydrogen-bond donors (Lipinski definition) is 2. The number of aliphatic hydroxyl groups is 1. The maximum absolute atomic E-state index is 14.4. The zero-order valence-electron chi connectivity index (χ0n) is 25.5. The number of carbonyl (C=O) groups is 1. The van der Waals surface area contributed by atoms with Gasteiger partial charge in [0.2, 0.25) is 5.90 Å². The van der Waals surface area contributed by atoms with Crippen LogP contribution in [0.1, 0.15) is 41.2 Å². The van der Waals surface area contributed by atoms with E-state index in [4.69, 9.17) is 19.6 Å². The van der Waals surface area contributed by atoms with Crippen LogP contribution in [0.5, 0.6) is 5.75 Å². The number of ether oxygens (including phenoxy) is 2. The number of aliphatic hydroxyl groups excluding tert-OH is 1. The Kier molecular flexibility index (Phi) is 10.9. The number of aliphatic imine (C=N–C) groups is 1. The smallest absolute Gasteiger partial charge is 0.416 e. The van der Waals surface area contributed by atoms with Crippen LogP contribution < -0.4 is 10.1 Å². The first-order valence-corrected chi connectivity index (χ1v) is 17.4. The Labute approximate surface area is 284 Å². The molecule has 0 unspecified atom stereocenters. The topological polar surface area (TPSA) is 114 Å². The van der Waals surface area contributed by atoms with E-state index in [-0.39, 0.29) is 35.9 Å². The van der Waals surface area contributed by atoms with Crippen molar-refractivity contribution in [2.24, 2.45) is 4.99 Å². The fourth-order valence-electron chi connectivity index (χ4n) is 5.26. The maximum atomic E-state index is 14.4. The normalized spacial score (nSPS) is 17.8. The minimum absolute atomic E-state index is 0.0168. The van der Waals surface area contributed by atoms with Crippen molar-refractivity contribution in [2.75, 3.05) is 19.0 Å². The highest BCUT2D eigenvalue weighted by atomic mass is 79.9. The first kappa shape index (κ1) is 35.1. The van der Waals surface area contributed by atoms with Crippen LogP contribution in [0, 0.1) is 0 Å². The molecule has 252 valence electrons. The van der Waals surface area contributed by atoms with Gasteiger partial charge in [-0.05, 0) is 60.2 Å². The third kappa shape index (κ3) is 8.08. The zero-order valence-corrected chi connectivity index (χ0v) is 27.9. The lowest BCUT2D eigenvalue weighted by molar-refractivity contribution is -0.137. The lowest BCUT2D eigenvalue weighted by Crippen LogP contribution is -2.49. The number of nitrogens with zero attached hydrogens (tertiary/aromatic N) is 1. The number of sulfone groups is 1. The van der Waals surface area contributed by atoms with Crippen molar-refractivity contribution in [3.8, 4) is 5.75 Å². The number of carbonyl (C=O) groups excluding carboxylic acids is 1. The molecule has 0 radical (unpaired) electrons. The van der Waals surface area contributed by atoms with Gasteiger partial charge in [-0.3, -0.25) is 4.79 Å². The van der Waals surface area contributed by atoms with Gasteiger partial charge in [0.15, 0.2) is 21.5 Å². The summed E-state index contributed by atoms with van der Waals surface area (Å²) < 4.78 is 79.9. The average Bonchev–Trinajstić information content (AvgIpc) is 3.48. The first-order chi connectivity index (χ1) is 22.9. The fourth-order valence-corrected chi connectivity index (χ4v) is 7.14.